The van der Waals surface area contributed by atoms with Crippen molar-refractivity contribution >= 4 is 24.9 Å². The minimum Gasteiger partial charge on any atom is -0.497 e. The van der Waals surface area contributed by atoms with Gasteiger partial charge in [-0.05, 0) is 55.8 Å². The standard InChI is InChI=1S/C27H30BN3O6/c1-35-20-15-22(27(33)34)21-3-5-26(32)30(23(21)16-20)11-10-29-8-6-19(7-9-29)31(28)17-18-2-4-24-25(14-18)37-13-12-36-24/h2-5,14-16,19H,6-13,17H2,1H3,(H,33,34). The molecule has 0 amide bonds. The van der Waals surface area contributed by atoms with Gasteiger partial charge in [-0.3, -0.25) is 4.79 Å². The maximum Gasteiger partial charge on any atom is 0.336 e. The molecule has 2 aliphatic heterocycles. The molecule has 37 heavy (non-hydrogen) atoms. The molecule has 1 aromatic heterocycles. The van der Waals surface area contributed by atoms with Crippen molar-refractivity contribution in [1.82, 2.24) is 14.3 Å². The van der Waals surface area contributed by atoms with Gasteiger partial charge in [0.05, 0.1) is 18.2 Å². The van der Waals surface area contributed by atoms with E-state index in [2.05, 4.69) is 4.90 Å². The zero-order valence-corrected chi connectivity index (χ0v) is 20.9. The molecule has 0 bridgehead atoms. The zero-order chi connectivity index (χ0) is 25.9. The summed E-state index contributed by atoms with van der Waals surface area (Å²) < 4.78 is 18.2. The highest BCUT2D eigenvalue weighted by Crippen LogP contribution is 2.31. The zero-order valence-electron chi connectivity index (χ0n) is 20.9. The Hall–Kier alpha value is -3.50. The lowest BCUT2D eigenvalue weighted by atomic mass is 9.99. The second-order valence-electron chi connectivity index (χ2n) is 9.46. The first-order valence-corrected chi connectivity index (χ1v) is 12.5. The van der Waals surface area contributed by atoms with Gasteiger partial charge in [-0.15, -0.1) is 0 Å². The number of carboxylic acids is 1. The van der Waals surface area contributed by atoms with E-state index in [0.29, 0.717) is 49.5 Å². The van der Waals surface area contributed by atoms with E-state index >= 15 is 0 Å². The number of carboxylic acid groups (broad SMARTS) is 1. The van der Waals surface area contributed by atoms with Crippen molar-refractivity contribution in [2.75, 3.05) is 40.0 Å². The van der Waals surface area contributed by atoms with Crippen LogP contribution in [-0.4, -0.2) is 79.3 Å². The summed E-state index contributed by atoms with van der Waals surface area (Å²) in [6.07, 6.45) is 1.84. The summed E-state index contributed by atoms with van der Waals surface area (Å²) in [5.41, 5.74) is 1.59. The van der Waals surface area contributed by atoms with Gasteiger partial charge in [0.25, 0.3) is 5.56 Å². The van der Waals surface area contributed by atoms with Crippen molar-refractivity contribution in [2.24, 2.45) is 0 Å². The van der Waals surface area contributed by atoms with Crippen molar-refractivity contribution in [2.45, 2.75) is 32.0 Å². The molecule has 5 rings (SSSR count). The number of nitrogens with zero attached hydrogens (tertiary/aromatic N) is 3. The van der Waals surface area contributed by atoms with E-state index < -0.39 is 5.97 Å². The molecule has 1 fully saturated rings. The molecule has 0 spiro atoms. The van der Waals surface area contributed by atoms with Gasteiger partial charge in [0, 0.05) is 43.2 Å². The van der Waals surface area contributed by atoms with Crippen molar-refractivity contribution in [3.8, 4) is 17.2 Å². The third kappa shape index (κ3) is 5.45. The van der Waals surface area contributed by atoms with Crippen LogP contribution >= 0.6 is 0 Å². The second-order valence-corrected chi connectivity index (χ2v) is 9.46. The fourth-order valence-electron chi connectivity index (χ4n) is 5.14. The van der Waals surface area contributed by atoms with Gasteiger partial charge in [-0.2, -0.15) is 0 Å². The molecule has 9 nitrogen and oxygen atoms in total. The fraction of sp³-hybridized carbons (Fsp3) is 0.407. The van der Waals surface area contributed by atoms with Crippen LogP contribution in [0.2, 0.25) is 0 Å². The maximum absolute atomic E-state index is 12.7. The molecule has 192 valence electrons. The monoisotopic (exact) mass is 503 g/mol. The van der Waals surface area contributed by atoms with Crippen LogP contribution in [0.25, 0.3) is 10.9 Å². The number of pyridine rings is 1. The van der Waals surface area contributed by atoms with Crippen molar-refractivity contribution in [3.05, 3.63) is 63.9 Å². The van der Waals surface area contributed by atoms with Gasteiger partial charge < -0.3 is 33.6 Å². The number of carbonyl (C=O) groups is 1. The molecule has 2 radical (unpaired) electrons. The Balaban J connectivity index is 1.21. The molecule has 3 aromatic rings. The molecule has 1 saturated heterocycles. The highest BCUT2D eigenvalue weighted by atomic mass is 16.6. The second kappa shape index (κ2) is 10.9. The highest BCUT2D eigenvalue weighted by Gasteiger charge is 2.23. The van der Waals surface area contributed by atoms with Gasteiger partial charge in [0.1, 0.15) is 19.0 Å². The van der Waals surface area contributed by atoms with Crippen LogP contribution in [-0.2, 0) is 13.1 Å². The fourth-order valence-corrected chi connectivity index (χ4v) is 5.14. The number of rotatable bonds is 8. The summed E-state index contributed by atoms with van der Waals surface area (Å²) in [5, 5.41) is 10.2. The van der Waals surface area contributed by atoms with Crippen molar-refractivity contribution in [1.29, 1.82) is 0 Å². The Morgan fingerprint density at radius 1 is 1.08 bits per heavy atom. The Labute approximate surface area is 216 Å². The van der Waals surface area contributed by atoms with Gasteiger partial charge in [-0.25, -0.2) is 4.79 Å². The average Bonchev–Trinajstić information content (AvgIpc) is 2.92. The van der Waals surface area contributed by atoms with Crippen LogP contribution in [0.4, 0.5) is 0 Å². The van der Waals surface area contributed by atoms with Crippen molar-refractivity contribution in [3.63, 3.8) is 0 Å². The summed E-state index contributed by atoms with van der Waals surface area (Å²) >= 11 is 0. The van der Waals surface area contributed by atoms with Gasteiger partial charge in [0.15, 0.2) is 19.5 Å². The molecule has 2 aliphatic rings. The number of fused-ring (bicyclic) bond motifs is 2. The number of methoxy groups -OCH3 is 1. The van der Waals surface area contributed by atoms with E-state index in [9.17, 15) is 14.7 Å². The van der Waals surface area contributed by atoms with Crippen LogP contribution in [0.3, 0.4) is 0 Å². The number of piperidine rings is 1. The first kappa shape index (κ1) is 25.2. The minimum atomic E-state index is -1.06. The number of likely N-dealkylation sites (tertiary alicyclic amines) is 1. The highest BCUT2D eigenvalue weighted by molar-refractivity contribution is 6.04. The quantitative estimate of drug-likeness (QED) is 0.469. The Kier molecular flexibility index (Phi) is 7.39. The predicted octanol–water partition coefficient (Wildman–Crippen LogP) is 2.53. The largest absolute Gasteiger partial charge is 0.497 e. The first-order valence-electron chi connectivity index (χ1n) is 12.5. The number of aromatic nitrogens is 1. The number of benzene rings is 2. The molecule has 0 atom stereocenters. The molecular formula is C27H30BN3O6. The molecule has 0 aliphatic carbocycles. The van der Waals surface area contributed by atoms with Gasteiger partial charge in [-0.1, -0.05) is 6.07 Å². The summed E-state index contributed by atoms with van der Waals surface area (Å²) in [6.45, 7) is 4.61. The van der Waals surface area contributed by atoms with Crippen LogP contribution in [0.15, 0.2) is 47.3 Å². The van der Waals surface area contributed by atoms with Gasteiger partial charge >= 0.3 is 5.97 Å². The summed E-state index contributed by atoms with van der Waals surface area (Å²) in [4.78, 5) is 28.7. The Bertz CT molecular complexity index is 1350. The van der Waals surface area contributed by atoms with Crippen LogP contribution < -0.4 is 19.8 Å². The Morgan fingerprint density at radius 2 is 1.84 bits per heavy atom. The molecule has 2 aromatic carbocycles. The lowest BCUT2D eigenvalue weighted by Gasteiger charge is -2.37. The maximum atomic E-state index is 12.7. The number of ether oxygens (including phenoxy) is 3. The Morgan fingerprint density at radius 3 is 2.57 bits per heavy atom. The predicted molar refractivity (Wildman–Crippen MR) is 140 cm³/mol. The molecule has 0 unspecified atom stereocenters. The van der Waals surface area contributed by atoms with Crippen LogP contribution in [0.1, 0.15) is 28.8 Å². The van der Waals surface area contributed by atoms with E-state index in [1.807, 2.05) is 23.0 Å². The van der Waals surface area contributed by atoms with E-state index in [-0.39, 0.29) is 17.2 Å². The molecule has 3 heterocycles. The van der Waals surface area contributed by atoms with E-state index in [1.165, 1.54) is 19.2 Å². The molecule has 10 heteroatoms. The third-order valence-corrected chi connectivity index (χ3v) is 7.18. The summed E-state index contributed by atoms with van der Waals surface area (Å²) in [5.74, 6) is 0.892. The van der Waals surface area contributed by atoms with Gasteiger partial charge in [0.2, 0.25) is 0 Å². The first-order chi connectivity index (χ1) is 17.9. The summed E-state index contributed by atoms with van der Waals surface area (Å²) in [6, 6.07) is 12.4. The van der Waals surface area contributed by atoms with Crippen LogP contribution in [0, 0.1) is 0 Å². The van der Waals surface area contributed by atoms with E-state index in [1.54, 1.807) is 16.7 Å². The van der Waals surface area contributed by atoms with E-state index in [0.717, 1.165) is 43.0 Å². The number of hydrogen-bond donors (Lipinski definition) is 1. The smallest absolute Gasteiger partial charge is 0.336 e. The third-order valence-electron chi connectivity index (χ3n) is 7.18. The molecular weight excluding hydrogens is 473 g/mol. The van der Waals surface area contributed by atoms with Crippen LogP contribution in [0.5, 0.6) is 17.2 Å². The molecule has 1 N–H and O–H groups in total. The summed E-state index contributed by atoms with van der Waals surface area (Å²) in [7, 11) is 7.94. The normalized spacial score (nSPS) is 16.3. The lowest BCUT2D eigenvalue weighted by Crippen LogP contribution is -2.44. The SMILES string of the molecule is [B]N(Cc1ccc2c(c1)OCCO2)C1CCN(CCn2c(=O)ccc3c(C(=O)O)cc(OC)cc32)CC1. The van der Waals surface area contributed by atoms with E-state index in [4.69, 9.17) is 22.2 Å². The number of aromatic carboxylic acids is 1. The number of hydrogen-bond acceptors (Lipinski definition) is 7. The minimum absolute atomic E-state index is 0.116. The van der Waals surface area contributed by atoms with Crippen molar-refractivity contribution < 1.29 is 24.1 Å². The average molecular weight is 503 g/mol. The molecule has 0 saturated carbocycles. The lowest BCUT2D eigenvalue weighted by molar-refractivity contribution is 0.0698. The topological polar surface area (TPSA) is 93.5 Å².